The van der Waals surface area contributed by atoms with Crippen LogP contribution in [0, 0.1) is 0 Å². The van der Waals surface area contributed by atoms with E-state index >= 15 is 0 Å². The number of rotatable bonds is 8. The van der Waals surface area contributed by atoms with Gasteiger partial charge in [0.2, 0.25) is 0 Å². The standard InChI is InChI=1S/C28H25N3O2/c1-20(32)25-11-7-12-26(21-8-3-2-4-9-21)27(25)28(33)31-24-15-13-23(14-16-24)30-19-17-22-10-5-6-18-29-22/h2-16,18,30H,17,19H2,1H3,(H,31,33). The van der Waals surface area contributed by atoms with E-state index in [0.717, 1.165) is 35.5 Å². The van der Waals surface area contributed by atoms with Crippen molar-refractivity contribution in [3.05, 3.63) is 114 Å². The number of benzene rings is 3. The summed E-state index contributed by atoms with van der Waals surface area (Å²) in [5.41, 5.74) is 5.06. The van der Waals surface area contributed by atoms with Crippen LogP contribution in [-0.4, -0.2) is 23.2 Å². The van der Waals surface area contributed by atoms with Crippen molar-refractivity contribution in [1.82, 2.24) is 4.98 Å². The Hall–Kier alpha value is -4.25. The van der Waals surface area contributed by atoms with E-state index in [2.05, 4.69) is 15.6 Å². The first kappa shape index (κ1) is 22.0. The van der Waals surface area contributed by atoms with Gasteiger partial charge in [0.1, 0.15) is 0 Å². The van der Waals surface area contributed by atoms with Crippen molar-refractivity contribution in [3.8, 4) is 11.1 Å². The second-order valence-corrected chi connectivity index (χ2v) is 7.68. The quantitative estimate of drug-likeness (QED) is 0.340. The number of amides is 1. The van der Waals surface area contributed by atoms with Crippen molar-refractivity contribution >= 4 is 23.1 Å². The van der Waals surface area contributed by atoms with Gasteiger partial charge in [0, 0.05) is 41.8 Å². The molecule has 0 fully saturated rings. The zero-order valence-corrected chi connectivity index (χ0v) is 18.4. The summed E-state index contributed by atoms with van der Waals surface area (Å²) in [6, 6.07) is 28.4. The topological polar surface area (TPSA) is 71.1 Å². The maximum atomic E-state index is 13.3. The number of nitrogens with zero attached hydrogens (tertiary/aromatic N) is 1. The average molecular weight is 436 g/mol. The maximum absolute atomic E-state index is 13.3. The lowest BCUT2D eigenvalue weighted by Crippen LogP contribution is -2.17. The third kappa shape index (κ3) is 5.52. The summed E-state index contributed by atoms with van der Waals surface area (Å²) >= 11 is 0. The third-order valence-corrected chi connectivity index (χ3v) is 5.33. The van der Waals surface area contributed by atoms with Crippen molar-refractivity contribution in [1.29, 1.82) is 0 Å². The molecule has 164 valence electrons. The molecule has 0 aliphatic rings. The molecule has 33 heavy (non-hydrogen) atoms. The lowest BCUT2D eigenvalue weighted by molar-refractivity contribution is 0.0985. The molecule has 2 N–H and O–H groups in total. The number of anilines is 2. The average Bonchev–Trinajstić information content (AvgIpc) is 2.86. The predicted octanol–water partition coefficient (Wildman–Crippen LogP) is 5.86. The number of aromatic nitrogens is 1. The Morgan fingerprint density at radius 2 is 1.52 bits per heavy atom. The summed E-state index contributed by atoms with van der Waals surface area (Å²) in [6.45, 7) is 2.24. The summed E-state index contributed by atoms with van der Waals surface area (Å²) in [6.07, 6.45) is 2.61. The van der Waals surface area contributed by atoms with Gasteiger partial charge in [-0.2, -0.15) is 0 Å². The molecule has 3 aromatic carbocycles. The Bertz CT molecular complexity index is 1240. The van der Waals surface area contributed by atoms with Crippen LogP contribution < -0.4 is 10.6 Å². The molecule has 0 unspecified atom stereocenters. The number of hydrogen-bond acceptors (Lipinski definition) is 4. The first-order valence-corrected chi connectivity index (χ1v) is 10.9. The highest BCUT2D eigenvalue weighted by atomic mass is 16.2. The highest BCUT2D eigenvalue weighted by molar-refractivity contribution is 6.15. The van der Waals surface area contributed by atoms with Gasteiger partial charge in [-0.15, -0.1) is 0 Å². The Morgan fingerprint density at radius 1 is 0.788 bits per heavy atom. The number of nitrogens with one attached hydrogen (secondary N) is 2. The van der Waals surface area contributed by atoms with Gasteiger partial charge in [0.05, 0.1) is 5.56 Å². The van der Waals surface area contributed by atoms with Crippen molar-refractivity contribution in [2.24, 2.45) is 0 Å². The van der Waals surface area contributed by atoms with Crippen molar-refractivity contribution in [2.75, 3.05) is 17.2 Å². The maximum Gasteiger partial charge on any atom is 0.257 e. The number of Topliss-reactive ketones (excluding diaryl/α,β-unsaturated/α-hetero) is 1. The first-order valence-electron chi connectivity index (χ1n) is 10.9. The lowest BCUT2D eigenvalue weighted by atomic mass is 9.93. The minimum Gasteiger partial charge on any atom is -0.385 e. The van der Waals surface area contributed by atoms with Crippen LogP contribution in [0.2, 0.25) is 0 Å². The van der Waals surface area contributed by atoms with E-state index in [9.17, 15) is 9.59 Å². The second-order valence-electron chi connectivity index (χ2n) is 7.68. The fourth-order valence-corrected chi connectivity index (χ4v) is 3.69. The third-order valence-electron chi connectivity index (χ3n) is 5.33. The molecule has 1 aromatic heterocycles. The molecule has 0 saturated heterocycles. The molecule has 0 radical (unpaired) electrons. The molecule has 0 aliphatic carbocycles. The van der Waals surface area contributed by atoms with Gasteiger partial charge < -0.3 is 10.6 Å². The molecule has 4 rings (SSSR count). The van der Waals surface area contributed by atoms with E-state index in [-0.39, 0.29) is 11.7 Å². The van der Waals surface area contributed by atoms with Crippen LogP contribution in [0.5, 0.6) is 0 Å². The van der Waals surface area contributed by atoms with Crippen LogP contribution in [0.3, 0.4) is 0 Å². The van der Waals surface area contributed by atoms with Gasteiger partial charge in [-0.05, 0) is 54.4 Å². The molecule has 0 bridgehead atoms. The zero-order chi connectivity index (χ0) is 23.0. The molecule has 4 aromatic rings. The fourth-order valence-electron chi connectivity index (χ4n) is 3.69. The summed E-state index contributed by atoms with van der Waals surface area (Å²) in [4.78, 5) is 29.8. The summed E-state index contributed by atoms with van der Waals surface area (Å²) < 4.78 is 0. The van der Waals surface area contributed by atoms with Crippen LogP contribution in [0.1, 0.15) is 33.3 Å². The Balaban J connectivity index is 1.48. The summed E-state index contributed by atoms with van der Waals surface area (Å²) in [7, 11) is 0. The number of pyridine rings is 1. The van der Waals surface area contributed by atoms with Crippen LogP contribution in [-0.2, 0) is 6.42 Å². The van der Waals surface area contributed by atoms with Crippen LogP contribution in [0.4, 0.5) is 11.4 Å². The molecular formula is C28H25N3O2. The summed E-state index contributed by atoms with van der Waals surface area (Å²) in [5.74, 6) is -0.458. The van der Waals surface area contributed by atoms with E-state index in [4.69, 9.17) is 0 Å². The van der Waals surface area contributed by atoms with E-state index in [0.29, 0.717) is 16.8 Å². The monoisotopic (exact) mass is 435 g/mol. The fraction of sp³-hybridized carbons (Fsp3) is 0.107. The molecule has 1 amide bonds. The molecule has 0 atom stereocenters. The Labute approximate surface area is 193 Å². The smallest absolute Gasteiger partial charge is 0.257 e. The number of ketones is 1. The van der Waals surface area contributed by atoms with Crippen LogP contribution >= 0.6 is 0 Å². The zero-order valence-electron chi connectivity index (χ0n) is 18.4. The van der Waals surface area contributed by atoms with Crippen LogP contribution in [0.15, 0.2) is 97.2 Å². The van der Waals surface area contributed by atoms with Crippen molar-refractivity contribution in [3.63, 3.8) is 0 Å². The van der Waals surface area contributed by atoms with E-state index < -0.39 is 0 Å². The van der Waals surface area contributed by atoms with Gasteiger partial charge in [-0.1, -0.05) is 54.6 Å². The van der Waals surface area contributed by atoms with Gasteiger partial charge in [0.15, 0.2) is 5.78 Å². The largest absolute Gasteiger partial charge is 0.385 e. The number of carbonyl (C=O) groups excluding carboxylic acids is 2. The van der Waals surface area contributed by atoms with Gasteiger partial charge in [-0.25, -0.2) is 0 Å². The molecule has 1 heterocycles. The van der Waals surface area contributed by atoms with E-state index in [1.54, 1.807) is 18.3 Å². The number of hydrogen-bond donors (Lipinski definition) is 2. The van der Waals surface area contributed by atoms with Crippen molar-refractivity contribution < 1.29 is 9.59 Å². The predicted molar refractivity (Wildman–Crippen MR) is 133 cm³/mol. The molecule has 5 nitrogen and oxygen atoms in total. The van der Waals surface area contributed by atoms with E-state index in [1.807, 2.05) is 78.9 Å². The van der Waals surface area contributed by atoms with E-state index in [1.165, 1.54) is 6.92 Å². The van der Waals surface area contributed by atoms with Crippen LogP contribution in [0.25, 0.3) is 11.1 Å². The SMILES string of the molecule is CC(=O)c1cccc(-c2ccccc2)c1C(=O)Nc1ccc(NCCc2ccccn2)cc1. The molecule has 5 heteroatoms. The summed E-state index contributed by atoms with van der Waals surface area (Å²) in [5, 5.41) is 6.31. The first-order chi connectivity index (χ1) is 16.1. The van der Waals surface area contributed by atoms with Gasteiger partial charge in [0.25, 0.3) is 5.91 Å². The normalized spacial score (nSPS) is 10.5. The molecular weight excluding hydrogens is 410 g/mol. The Morgan fingerprint density at radius 3 is 2.21 bits per heavy atom. The minimum atomic E-state index is -0.310. The highest BCUT2D eigenvalue weighted by Gasteiger charge is 2.20. The highest BCUT2D eigenvalue weighted by Crippen LogP contribution is 2.28. The van der Waals surface area contributed by atoms with Crippen molar-refractivity contribution in [2.45, 2.75) is 13.3 Å². The lowest BCUT2D eigenvalue weighted by Gasteiger charge is -2.14. The second kappa shape index (κ2) is 10.4. The Kier molecular flexibility index (Phi) is 6.90. The molecule has 0 spiro atoms. The molecule has 0 aliphatic heterocycles. The van der Waals surface area contributed by atoms with Gasteiger partial charge in [-0.3, -0.25) is 14.6 Å². The minimum absolute atomic E-state index is 0.148. The molecule has 0 saturated carbocycles. The van der Waals surface area contributed by atoms with Gasteiger partial charge >= 0.3 is 0 Å². The number of carbonyl (C=O) groups is 2.